The second-order valence-electron chi connectivity index (χ2n) is 9.50. The normalized spacial score (nSPS) is 22.5. The van der Waals surface area contributed by atoms with Crippen LogP contribution in [0.15, 0.2) is 24.7 Å². The van der Waals surface area contributed by atoms with Gasteiger partial charge in [0.1, 0.15) is 12.1 Å². The van der Waals surface area contributed by atoms with Crippen LogP contribution in [0, 0.1) is 18.3 Å². The lowest BCUT2D eigenvalue weighted by Crippen LogP contribution is -2.58. The molecule has 2 saturated heterocycles. The lowest BCUT2D eigenvalue weighted by atomic mass is 9.78. The smallest absolute Gasteiger partial charge is 0.409 e. The molecule has 4 heterocycles. The Bertz CT molecular complexity index is 1020. The molecule has 2 aliphatic heterocycles. The van der Waals surface area contributed by atoms with Gasteiger partial charge in [-0.15, -0.1) is 0 Å². The van der Waals surface area contributed by atoms with Gasteiger partial charge in [-0.1, -0.05) is 0 Å². The van der Waals surface area contributed by atoms with Gasteiger partial charge in [-0.3, -0.25) is 4.90 Å². The number of anilines is 1. The van der Waals surface area contributed by atoms with E-state index < -0.39 is 5.95 Å². The number of carbonyl (C=O) groups excluding carboxylic acids is 1. The summed E-state index contributed by atoms with van der Waals surface area (Å²) in [6.07, 6.45) is 6.58. The average molecular weight is 455 g/mol. The lowest BCUT2D eigenvalue weighted by Gasteiger charge is -2.48. The number of aryl methyl sites for hydroxylation is 1. The zero-order valence-corrected chi connectivity index (χ0v) is 19.3. The third-order valence-electron chi connectivity index (χ3n) is 7.43. The van der Waals surface area contributed by atoms with Gasteiger partial charge in [0, 0.05) is 73.7 Å². The molecule has 1 aliphatic carbocycles. The molecule has 1 spiro atoms. The fraction of sp³-hybridized carbons (Fsp3) is 0.583. The maximum Gasteiger partial charge on any atom is 0.409 e. The Kier molecular flexibility index (Phi) is 5.90. The molecule has 5 rings (SSSR count). The largest absolute Gasteiger partial charge is 0.450 e. The number of halogens is 1. The van der Waals surface area contributed by atoms with Gasteiger partial charge in [0.25, 0.3) is 0 Å². The first-order valence-corrected chi connectivity index (χ1v) is 11.8. The van der Waals surface area contributed by atoms with E-state index in [0.29, 0.717) is 18.5 Å². The Balaban J connectivity index is 1.22. The molecule has 1 atom stereocenters. The molecule has 8 nitrogen and oxygen atoms in total. The van der Waals surface area contributed by atoms with E-state index in [0.717, 1.165) is 68.9 Å². The van der Waals surface area contributed by atoms with Crippen LogP contribution in [0.2, 0.25) is 0 Å². The van der Waals surface area contributed by atoms with Gasteiger partial charge in [-0.05, 0) is 45.2 Å². The molecule has 2 aromatic heterocycles. The first kappa shape index (κ1) is 22.0. The molecule has 0 unspecified atom stereocenters. The quantitative estimate of drug-likeness (QED) is 0.657. The van der Waals surface area contributed by atoms with Crippen LogP contribution in [0.3, 0.4) is 0 Å². The van der Waals surface area contributed by atoms with E-state index in [1.807, 2.05) is 18.7 Å². The summed E-state index contributed by atoms with van der Waals surface area (Å²) in [4.78, 5) is 31.2. The van der Waals surface area contributed by atoms with Crippen LogP contribution in [0.4, 0.5) is 15.0 Å². The number of hydrogen-bond donors (Lipinski definition) is 0. The van der Waals surface area contributed by atoms with Crippen molar-refractivity contribution in [2.24, 2.45) is 5.41 Å². The Morgan fingerprint density at radius 3 is 2.73 bits per heavy atom. The van der Waals surface area contributed by atoms with Crippen LogP contribution in [0.1, 0.15) is 31.9 Å². The highest BCUT2D eigenvalue weighted by molar-refractivity contribution is 5.76. The monoisotopic (exact) mass is 454 g/mol. The average Bonchev–Trinajstić information content (AvgIpc) is 3.25. The van der Waals surface area contributed by atoms with Gasteiger partial charge < -0.3 is 14.5 Å². The second kappa shape index (κ2) is 8.85. The van der Waals surface area contributed by atoms with Crippen LogP contribution < -0.4 is 4.90 Å². The highest BCUT2D eigenvalue weighted by Gasteiger charge is 2.51. The second-order valence-corrected chi connectivity index (χ2v) is 9.50. The number of carbonyl (C=O) groups is 1. The Morgan fingerprint density at radius 1 is 1.21 bits per heavy atom. The van der Waals surface area contributed by atoms with E-state index in [-0.39, 0.29) is 11.5 Å². The molecule has 9 heteroatoms. The van der Waals surface area contributed by atoms with E-state index in [1.165, 1.54) is 18.8 Å². The zero-order valence-electron chi connectivity index (χ0n) is 19.3. The molecular weight excluding hydrogens is 423 g/mol. The number of pyridine rings is 1. The van der Waals surface area contributed by atoms with Crippen molar-refractivity contribution in [3.05, 3.63) is 36.3 Å². The molecular formula is C24H31FN6O2. The number of amides is 1. The fourth-order valence-electron chi connectivity index (χ4n) is 5.71. The molecule has 0 N–H and O–H groups in total. The number of piperazine rings is 1. The van der Waals surface area contributed by atoms with Crippen molar-refractivity contribution in [2.45, 2.75) is 39.2 Å². The summed E-state index contributed by atoms with van der Waals surface area (Å²) >= 11 is 0. The molecule has 1 amide bonds. The molecule has 1 saturated carbocycles. The Labute approximate surface area is 193 Å². The molecule has 2 aromatic rings. The molecule has 0 aromatic carbocycles. The molecule has 3 fully saturated rings. The predicted octanol–water partition coefficient (Wildman–Crippen LogP) is 3.12. The topological polar surface area (TPSA) is 74.7 Å². The van der Waals surface area contributed by atoms with Gasteiger partial charge in [-0.2, -0.15) is 4.39 Å². The Morgan fingerprint density at radius 2 is 2.00 bits per heavy atom. The van der Waals surface area contributed by atoms with Crippen molar-refractivity contribution in [3.8, 4) is 11.1 Å². The van der Waals surface area contributed by atoms with E-state index in [2.05, 4.69) is 24.8 Å². The van der Waals surface area contributed by atoms with Gasteiger partial charge in [0.05, 0.1) is 6.61 Å². The summed E-state index contributed by atoms with van der Waals surface area (Å²) < 4.78 is 19.2. The molecule has 176 valence electrons. The van der Waals surface area contributed by atoms with Crippen molar-refractivity contribution in [2.75, 3.05) is 50.8 Å². The number of rotatable bonds is 4. The first-order chi connectivity index (χ1) is 16.0. The van der Waals surface area contributed by atoms with E-state index in [9.17, 15) is 9.18 Å². The van der Waals surface area contributed by atoms with E-state index >= 15 is 0 Å². The summed E-state index contributed by atoms with van der Waals surface area (Å²) in [5.41, 5.74) is 2.87. The molecule has 3 aliphatic rings. The number of aromatic nitrogens is 3. The van der Waals surface area contributed by atoms with Crippen LogP contribution >= 0.6 is 0 Å². The standard InChI is InChI=1S/C24H31FN6O2/c1-3-33-23(32)31-14-24(15-31)7-6-18(12-24)29-8-10-30(11-9-29)22-19(4-5-21(25)28-22)20-13-26-16-27-17(20)2/h4-5,13,16,18H,3,6-12,14-15H2,1-2H3/t18-/m1/s1. The first-order valence-electron chi connectivity index (χ1n) is 11.8. The molecule has 33 heavy (non-hydrogen) atoms. The highest BCUT2D eigenvalue weighted by Crippen LogP contribution is 2.47. The number of likely N-dealkylation sites (tertiary alicyclic amines) is 1. The maximum atomic E-state index is 14.1. The van der Waals surface area contributed by atoms with Crippen molar-refractivity contribution in [1.29, 1.82) is 0 Å². The minimum atomic E-state index is -0.473. The van der Waals surface area contributed by atoms with Crippen molar-refractivity contribution >= 4 is 11.9 Å². The number of ether oxygens (including phenoxy) is 1. The summed E-state index contributed by atoms with van der Waals surface area (Å²) in [6.45, 7) is 9.28. The predicted molar refractivity (Wildman–Crippen MR) is 122 cm³/mol. The third-order valence-corrected chi connectivity index (χ3v) is 7.43. The maximum absolute atomic E-state index is 14.1. The SMILES string of the molecule is CCOC(=O)N1CC2(CC[C@@H](N3CCN(c4nc(F)ccc4-c4cncnc4C)CC3)C2)C1. The summed E-state index contributed by atoms with van der Waals surface area (Å²) in [5, 5.41) is 0. The van der Waals surface area contributed by atoms with Gasteiger partial charge in [-0.25, -0.2) is 19.7 Å². The van der Waals surface area contributed by atoms with Crippen molar-refractivity contribution in [1.82, 2.24) is 24.8 Å². The summed E-state index contributed by atoms with van der Waals surface area (Å²) in [5.74, 6) is 0.194. The van der Waals surface area contributed by atoms with Crippen LogP contribution in [-0.2, 0) is 4.74 Å². The summed E-state index contributed by atoms with van der Waals surface area (Å²) in [6, 6.07) is 3.72. The summed E-state index contributed by atoms with van der Waals surface area (Å²) in [7, 11) is 0. The number of hydrogen-bond acceptors (Lipinski definition) is 7. The van der Waals surface area contributed by atoms with E-state index in [1.54, 1.807) is 12.3 Å². The Hall–Kier alpha value is -2.81. The number of nitrogens with zero attached hydrogens (tertiary/aromatic N) is 6. The minimum absolute atomic E-state index is 0.183. The lowest BCUT2D eigenvalue weighted by molar-refractivity contribution is -0.00294. The zero-order chi connectivity index (χ0) is 23.0. The third kappa shape index (κ3) is 4.26. The van der Waals surface area contributed by atoms with Gasteiger partial charge in [0.2, 0.25) is 5.95 Å². The molecule has 0 radical (unpaired) electrons. The van der Waals surface area contributed by atoms with Gasteiger partial charge in [0.15, 0.2) is 0 Å². The van der Waals surface area contributed by atoms with Gasteiger partial charge >= 0.3 is 6.09 Å². The minimum Gasteiger partial charge on any atom is -0.450 e. The van der Waals surface area contributed by atoms with Crippen LogP contribution in [0.25, 0.3) is 11.1 Å². The van der Waals surface area contributed by atoms with Crippen molar-refractivity contribution in [3.63, 3.8) is 0 Å². The van der Waals surface area contributed by atoms with Crippen molar-refractivity contribution < 1.29 is 13.9 Å². The fourth-order valence-corrected chi connectivity index (χ4v) is 5.71. The van der Waals surface area contributed by atoms with E-state index in [4.69, 9.17) is 4.74 Å². The van der Waals surface area contributed by atoms with Crippen LogP contribution in [-0.4, -0.2) is 82.8 Å². The highest BCUT2D eigenvalue weighted by atomic mass is 19.1. The molecule has 0 bridgehead atoms. The van der Waals surface area contributed by atoms with Crippen LogP contribution in [0.5, 0.6) is 0 Å².